The molecule has 1 heterocycles. The number of rotatable bonds is 4. The molecule has 0 radical (unpaired) electrons. The summed E-state index contributed by atoms with van der Waals surface area (Å²) in [6.07, 6.45) is 0. The van der Waals surface area contributed by atoms with Crippen molar-refractivity contribution in [1.29, 1.82) is 0 Å². The third-order valence-electron chi connectivity index (χ3n) is 3.35. The summed E-state index contributed by atoms with van der Waals surface area (Å²) in [6.45, 7) is 4.26. The van der Waals surface area contributed by atoms with Crippen LogP contribution in [0.1, 0.15) is 17.0 Å². The number of halogens is 2. The smallest absolute Gasteiger partial charge is 0.293 e. The highest BCUT2D eigenvalue weighted by Crippen LogP contribution is 2.34. The first-order valence-corrected chi connectivity index (χ1v) is 6.93. The summed E-state index contributed by atoms with van der Waals surface area (Å²) in [5, 5.41) is 18.8. The van der Waals surface area contributed by atoms with Gasteiger partial charge in [-0.3, -0.25) is 14.8 Å². The molecule has 21 heavy (non-hydrogen) atoms. The van der Waals surface area contributed by atoms with Crippen LogP contribution < -0.4 is 5.32 Å². The fraction of sp³-hybridized carbons (Fsp3) is 0.308. The van der Waals surface area contributed by atoms with Crippen LogP contribution in [0.3, 0.4) is 0 Å². The summed E-state index contributed by atoms with van der Waals surface area (Å²) in [6, 6.07) is 2.71. The maximum Gasteiger partial charge on any atom is 0.293 e. The number of hydrogen-bond donors (Lipinski definition) is 1. The zero-order valence-corrected chi connectivity index (χ0v) is 13.3. The Bertz CT molecular complexity index is 713. The van der Waals surface area contributed by atoms with Crippen LogP contribution >= 0.6 is 23.2 Å². The van der Waals surface area contributed by atoms with Crippen LogP contribution in [0.5, 0.6) is 0 Å². The van der Waals surface area contributed by atoms with Crippen molar-refractivity contribution in [2.75, 3.05) is 5.32 Å². The van der Waals surface area contributed by atoms with Crippen LogP contribution in [-0.4, -0.2) is 14.7 Å². The van der Waals surface area contributed by atoms with Crippen molar-refractivity contribution in [2.45, 2.75) is 20.4 Å². The zero-order valence-electron chi connectivity index (χ0n) is 11.8. The fourth-order valence-corrected chi connectivity index (χ4v) is 2.41. The molecule has 0 aliphatic rings. The van der Waals surface area contributed by atoms with E-state index in [1.807, 2.05) is 20.9 Å². The molecular formula is C13H14Cl2N4O2. The number of nitrogens with one attached hydrogen (secondary N) is 1. The lowest BCUT2D eigenvalue weighted by atomic mass is 10.2. The number of nitro benzene ring substituents is 1. The molecule has 1 aromatic carbocycles. The Morgan fingerprint density at radius 2 is 1.95 bits per heavy atom. The van der Waals surface area contributed by atoms with E-state index in [2.05, 4.69) is 10.4 Å². The topological polar surface area (TPSA) is 73.0 Å². The standard InChI is InChI=1S/C13H14Cl2N4O2/c1-7-9(8(2)18(3)17-7)6-16-12-4-10(14)11(15)5-13(12)19(20)21/h4-5,16H,6H2,1-3H3. The normalized spacial score (nSPS) is 10.7. The highest BCUT2D eigenvalue weighted by molar-refractivity contribution is 6.42. The van der Waals surface area contributed by atoms with Gasteiger partial charge >= 0.3 is 0 Å². The molecule has 0 spiro atoms. The average molecular weight is 329 g/mol. The molecule has 0 aliphatic heterocycles. The molecule has 1 aromatic heterocycles. The van der Waals surface area contributed by atoms with E-state index in [9.17, 15) is 10.1 Å². The van der Waals surface area contributed by atoms with E-state index in [0.717, 1.165) is 17.0 Å². The number of aryl methyl sites for hydroxylation is 2. The van der Waals surface area contributed by atoms with E-state index in [-0.39, 0.29) is 15.7 Å². The van der Waals surface area contributed by atoms with Gasteiger partial charge in [-0.15, -0.1) is 0 Å². The Morgan fingerprint density at radius 1 is 1.33 bits per heavy atom. The van der Waals surface area contributed by atoms with Crippen LogP contribution in [-0.2, 0) is 13.6 Å². The first kappa shape index (κ1) is 15.6. The number of aromatic nitrogens is 2. The molecule has 0 saturated carbocycles. The Hall–Kier alpha value is -1.79. The van der Waals surface area contributed by atoms with Gasteiger partial charge in [-0.05, 0) is 19.9 Å². The molecule has 0 saturated heterocycles. The van der Waals surface area contributed by atoms with Gasteiger partial charge in [0.2, 0.25) is 0 Å². The molecule has 0 aliphatic carbocycles. The third kappa shape index (κ3) is 3.11. The van der Waals surface area contributed by atoms with Crippen LogP contribution in [0.4, 0.5) is 11.4 Å². The summed E-state index contributed by atoms with van der Waals surface area (Å²) in [4.78, 5) is 10.6. The second-order valence-corrected chi connectivity index (χ2v) is 5.48. The van der Waals surface area contributed by atoms with Crippen molar-refractivity contribution < 1.29 is 4.92 Å². The van der Waals surface area contributed by atoms with Crippen molar-refractivity contribution in [2.24, 2.45) is 7.05 Å². The lowest BCUT2D eigenvalue weighted by Crippen LogP contribution is -2.05. The van der Waals surface area contributed by atoms with Gasteiger partial charge in [0.25, 0.3) is 5.69 Å². The Morgan fingerprint density at radius 3 is 2.48 bits per heavy atom. The molecule has 8 heteroatoms. The van der Waals surface area contributed by atoms with Crippen molar-refractivity contribution in [3.05, 3.63) is 49.2 Å². The maximum absolute atomic E-state index is 11.1. The van der Waals surface area contributed by atoms with Crippen molar-refractivity contribution in [1.82, 2.24) is 9.78 Å². The van der Waals surface area contributed by atoms with Gasteiger partial charge in [0, 0.05) is 30.9 Å². The minimum absolute atomic E-state index is 0.108. The highest BCUT2D eigenvalue weighted by atomic mass is 35.5. The number of nitrogens with zero attached hydrogens (tertiary/aromatic N) is 3. The number of benzene rings is 1. The van der Waals surface area contributed by atoms with Gasteiger partial charge in [-0.1, -0.05) is 23.2 Å². The van der Waals surface area contributed by atoms with Crippen molar-refractivity contribution >= 4 is 34.6 Å². The van der Waals surface area contributed by atoms with Crippen LogP contribution in [0.2, 0.25) is 10.0 Å². The Kier molecular flexibility index (Phi) is 4.39. The van der Waals surface area contributed by atoms with Gasteiger partial charge in [0.1, 0.15) is 5.69 Å². The van der Waals surface area contributed by atoms with Gasteiger partial charge in [0.15, 0.2) is 0 Å². The molecule has 2 rings (SSSR count). The highest BCUT2D eigenvalue weighted by Gasteiger charge is 2.18. The Balaban J connectivity index is 2.31. The average Bonchev–Trinajstić information content (AvgIpc) is 2.64. The van der Waals surface area contributed by atoms with Crippen LogP contribution in [0, 0.1) is 24.0 Å². The predicted molar refractivity (Wildman–Crippen MR) is 83.1 cm³/mol. The number of anilines is 1. The van der Waals surface area contributed by atoms with E-state index in [4.69, 9.17) is 23.2 Å². The van der Waals surface area contributed by atoms with E-state index in [1.54, 1.807) is 4.68 Å². The molecule has 1 N–H and O–H groups in total. The van der Waals surface area contributed by atoms with Gasteiger partial charge in [-0.2, -0.15) is 5.10 Å². The van der Waals surface area contributed by atoms with E-state index in [1.165, 1.54) is 12.1 Å². The lowest BCUT2D eigenvalue weighted by Gasteiger charge is -2.09. The number of nitro groups is 1. The second-order valence-electron chi connectivity index (χ2n) is 4.67. The lowest BCUT2D eigenvalue weighted by molar-refractivity contribution is -0.383. The van der Waals surface area contributed by atoms with Crippen LogP contribution in [0.25, 0.3) is 0 Å². The van der Waals surface area contributed by atoms with Gasteiger partial charge < -0.3 is 5.32 Å². The second kappa shape index (κ2) is 5.91. The Labute approximate surface area is 131 Å². The van der Waals surface area contributed by atoms with E-state index < -0.39 is 4.92 Å². The minimum Gasteiger partial charge on any atom is -0.375 e. The SMILES string of the molecule is Cc1nn(C)c(C)c1CNc1cc(Cl)c(Cl)cc1[N+](=O)[O-]. The first-order chi connectivity index (χ1) is 9.81. The fourth-order valence-electron chi connectivity index (χ4n) is 2.09. The molecule has 2 aromatic rings. The van der Waals surface area contributed by atoms with Gasteiger partial charge in [-0.25, -0.2) is 0 Å². The summed E-state index contributed by atoms with van der Waals surface area (Å²) >= 11 is 11.8. The molecule has 0 unspecified atom stereocenters. The monoisotopic (exact) mass is 328 g/mol. The molecule has 6 nitrogen and oxygen atoms in total. The quantitative estimate of drug-likeness (QED) is 0.683. The summed E-state index contributed by atoms with van der Waals surface area (Å²) in [5.74, 6) is 0. The summed E-state index contributed by atoms with van der Waals surface area (Å²) in [7, 11) is 1.85. The molecule has 0 amide bonds. The summed E-state index contributed by atoms with van der Waals surface area (Å²) < 4.78 is 1.77. The zero-order chi connectivity index (χ0) is 15.7. The molecule has 112 valence electrons. The maximum atomic E-state index is 11.1. The molecular weight excluding hydrogens is 315 g/mol. The van der Waals surface area contributed by atoms with E-state index in [0.29, 0.717) is 12.2 Å². The van der Waals surface area contributed by atoms with Crippen LogP contribution in [0.15, 0.2) is 12.1 Å². The van der Waals surface area contributed by atoms with Crippen molar-refractivity contribution in [3.63, 3.8) is 0 Å². The van der Waals surface area contributed by atoms with E-state index >= 15 is 0 Å². The third-order valence-corrected chi connectivity index (χ3v) is 4.07. The first-order valence-electron chi connectivity index (χ1n) is 6.17. The minimum atomic E-state index is -0.493. The summed E-state index contributed by atoms with van der Waals surface area (Å²) in [5.41, 5.74) is 3.10. The molecule has 0 atom stereocenters. The molecule has 0 fully saturated rings. The van der Waals surface area contributed by atoms with Crippen molar-refractivity contribution in [3.8, 4) is 0 Å². The predicted octanol–water partition coefficient (Wildman–Crippen LogP) is 3.86. The molecule has 0 bridgehead atoms. The number of hydrogen-bond acceptors (Lipinski definition) is 4. The largest absolute Gasteiger partial charge is 0.375 e. The van der Waals surface area contributed by atoms with Gasteiger partial charge in [0.05, 0.1) is 20.7 Å².